The highest BCUT2D eigenvalue weighted by atomic mass is 32.1. The Bertz CT molecular complexity index is 795. The SMILES string of the molecule is CCc1nc(NC2CCC(N3C(=O)CCC3=O)CC2)c2ccsc2n1. The number of rotatable bonds is 4. The molecule has 0 bridgehead atoms. The molecule has 0 spiro atoms. The molecule has 2 fully saturated rings. The lowest BCUT2D eigenvalue weighted by molar-refractivity contribution is -0.141. The second-order valence-electron chi connectivity index (χ2n) is 6.79. The number of thiophene rings is 1. The minimum absolute atomic E-state index is 0.00442. The van der Waals surface area contributed by atoms with E-state index in [4.69, 9.17) is 0 Å². The molecule has 0 radical (unpaired) electrons. The van der Waals surface area contributed by atoms with Crippen LogP contribution in [0.2, 0.25) is 0 Å². The van der Waals surface area contributed by atoms with Crippen molar-refractivity contribution in [3.05, 3.63) is 17.3 Å². The van der Waals surface area contributed by atoms with Crippen molar-refractivity contribution in [1.29, 1.82) is 0 Å². The van der Waals surface area contributed by atoms with Crippen molar-refractivity contribution in [2.24, 2.45) is 0 Å². The van der Waals surface area contributed by atoms with Crippen LogP contribution in [-0.2, 0) is 16.0 Å². The molecule has 2 amide bonds. The standard InChI is InChI=1S/C18H22N4O2S/c1-2-14-20-17(13-9-10-25-18(13)21-14)19-11-3-5-12(6-4-11)22-15(23)7-8-16(22)24/h9-12H,2-8H2,1H3,(H,19,20,21). The highest BCUT2D eigenvalue weighted by Crippen LogP contribution is 2.31. The number of hydrogen-bond acceptors (Lipinski definition) is 6. The van der Waals surface area contributed by atoms with E-state index in [0.29, 0.717) is 18.9 Å². The Morgan fingerprint density at radius 2 is 1.88 bits per heavy atom. The van der Waals surface area contributed by atoms with Gasteiger partial charge in [0, 0.05) is 31.3 Å². The van der Waals surface area contributed by atoms with E-state index in [-0.39, 0.29) is 17.9 Å². The second kappa shape index (κ2) is 6.71. The van der Waals surface area contributed by atoms with Gasteiger partial charge in [0.1, 0.15) is 16.5 Å². The number of aromatic nitrogens is 2. The van der Waals surface area contributed by atoms with Crippen LogP contribution in [0.25, 0.3) is 10.2 Å². The first-order valence-corrected chi connectivity index (χ1v) is 9.89. The van der Waals surface area contributed by atoms with Gasteiger partial charge in [0.05, 0.1) is 5.39 Å². The van der Waals surface area contributed by atoms with Gasteiger partial charge in [0.15, 0.2) is 0 Å². The number of amides is 2. The number of likely N-dealkylation sites (tertiary alicyclic amines) is 1. The third-order valence-electron chi connectivity index (χ3n) is 5.18. The molecule has 0 aromatic carbocycles. The van der Waals surface area contributed by atoms with Crippen LogP contribution in [0.15, 0.2) is 11.4 Å². The summed E-state index contributed by atoms with van der Waals surface area (Å²) < 4.78 is 0. The van der Waals surface area contributed by atoms with E-state index in [2.05, 4.69) is 28.3 Å². The lowest BCUT2D eigenvalue weighted by atomic mass is 9.90. The molecule has 1 saturated heterocycles. The molecule has 0 atom stereocenters. The fourth-order valence-electron chi connectivity index (χ4n) is 3.84. The van der Waals surface area contributed by atoms with E-state index in [1.807, 2.05) is 5.38 Å². The first kappa shape index (κ1) is 16.4. The average Bonchev–Trinajstić information content (AvgIpc) is 3.22. The summed E-state index contributed by atoms with van der Waals surface area (Å²) in [4.78, 5) is 35.6. The summed E-state index contributed by atoms with van der Waals surface area (Å²) in [7, 11) is 0. The van der Waals surface area contributed by atoms with Crippen LogP contribution in [0.4, 0.5) is 5.82 Å². The Balaban J connectivity index is 1.45. The maximum Gasteiger partial charge on any atom is 0.229 e. The third kappa shape index (κ3) is 3.13. The molecule has 1 saturated carbocycles. The fraction of sp³-hybridized carbons (Fsp3) is 0.556. The molecule has 1 aliphatic carbocycles. The van der Waals surface area contributed by atoms with Crippen LogP contribution < -0.4 is 5.32 Å². The largest absolute Gasteiger partial charge is 0.367 e. The molecular weight excluding hydrogens is 336 g/mol. The van der Waals surface area contributed by atoms with Crippen molar-refractivity contribution >= 4 is 39.2 Å². The Morgan fingerprint density at radius 3 is 2.56 bits per heavy atom. The molecule has 25 heavy (non-hydrogen) atoms. The molecule has 2 aliphatic rings. The zero-order valence-corrected chi connectivity index (χ0v) is 15.1. The lowest BCUT2D eigenvalue weighted by Gasteiger charge is -2.34. The Morgan fingerprint density at radius 1 is 1.16 bits per heavy atom. The fourth-order valence-corrected chi connectivity index (χ4v) is 4.62. The van der Waals surface area contributed by atoms with Crippen LogP contribution in [0.1, 0.15) is 51.3 Å². The summed E-state index contributed by atoms with van der Waals surface area (Å²) in [5.41, 5.74) is 0. The number of aryl methyl sites for hydroxylation is 1. The molecule has 6 nitrogen and oxygen atoms in total. The zero-order chi connectivity index (χ0) is 17.4. The van der Waals surface area contributed by atoms with Crippen molar-refractivity contribution < 1.29 is 9.59 Å². The van der Waals surface area contributed by atoms with E-state index in [9.17, 15) is 9.59 Å². The molecule has 7 heteroatoms. The molecule has 132 valence electrons. The highest BCUT2D eigenvalue weighted by molar-refractivity contribution is 7.16. The number of anilines is 1. The number of hydrogen-bond donors (Lipinski definition) is 1. The van der Waals surface area contributed by atoms with E-state index < -0.39 is 0 Å². The molecule has 3 heterocycles. The van der Waals surface area contributed by atoms with E-state index in [0.717, 1.165) is 54.0 Å². The summed E-state index contributed by atoms with van der Waals surface area (Å²) in [5, 5.41) is 6.71. The number of carbonyl (C=O) groups excluding carboxylic acids is 2. The smallest absolute Gasteiger partial charge is 0.229 e. The maximum atomic E-state index is 11.9. The normalized spacial score (nSPS) is 24.3. The predicted octanol–water partition coefficient (Wildman–Crippen LogP) is 3.13. The van der Waals surface area contributed by atoms with Crippen LogP contribution in [0.3, 0.4) is 0 Å². The predicted molar refractivity (Wildman–Crippen MR) is 97.5 cm³/mol. The molecule has 4 rings (SSSR count). The van der Waals surface area contributed by atoms with Gasteiger partial charge in [0.2, 0.25) is 11.8 Å². The summed E-state index contributed by atoms with van der Waals surface area (Å²) in [6, 6.07) is 2.47. The molecule has 2 aromatic rings. The monoisotopic (exact) mass is 358 g/mol. The number of imide groups is 1. The van der Waals surface area contributed by atoms with Gasteiger partial charge in [-0.05, 0) is 37.1 Å². The van der Waals surface area contributed by atoms with Gasteiger partial charge in [-0.25, -0.2) is 9.97 Å². The lowest BCUT2D eigenvalue weighted by Crippen LogP contribution is -2.43. The van der Waals surface area contributed by atoms with Gasteiger partial charge in [0.25, 0.3) is 0 Å². The van der Waals surface area contributed by atoms with Crippen molar-refractivity contribution in [3.63, 3.8) is 0 Å². The highest BCUT2D eigenvalue weighted by Gasteiger charge is 2.36. The first-order chi connectivity index (χ1) is 12.2. The van der Waals surface area contributed by atoms with Crippen LogP contribution >= 0.6 is 11.3 Å². The summed E-state index contributed by atoms with van der Waals surface area (Å²) >= 11 is 1.64. The first-order valence-electron chi connectivity index (χ1n) is 9.01. The summed E-state index contributed by atoms with van der Waals surface area (Å²) in [6.45, 7) is 2.06. The maximum absolute atomic E-state index is 11.9. The van der Waals surface area contributed by atoms with Crippen molar-refractivity contribution in [2.75, 3.05) is 5.32 Å². The van der Waals surface area contributed by atoms with Crippen LogP contribution in [0.5, 0.6) is 0 Å². The molecule has 0 unspecified atom stereocenters. The van der Waals surface area contributed by atoms with E-state index in [1.165, 1.54) is 4.90 Å². The van der Waals surface area contributed by atoms with Gasteiger partial charge >= 0.3 is 0 Å². The topological polar surface area (TPSA) is 75.2 Å². The quantitative estimate of drug-likeness (QED) is 0.850. The molecular formula is C18H22N4O2S. The minimum Gasteiger partial charge on any atom is -0.367 e. The molecule has 1 aliphatic heterocycles. The van der Waals surface area contributed by atoms with E-state index >= 15 is 0 Å². The van der Waals surface area contributed by atoms with Crippen molar-refractivity contribution in [2.45, 2.75) is 64.0 Å². The third-order valence-corrected chi connectivity index (χ3v) is 5.99. The second-order valence-corrected chi connectivity index (χ2v) is 7.68. The van der Waals surface area contributed by atoms with Gasteiger partial charge in [-0.3, -0.25) is 14.5 Å². The van der Waals surface area contributed by atoms with Crippen LogP contribution in [-0.4, -0.2) is 38.8 Å². The zero-order valence-electron chi connectivity index (χ0n) is 14.3. The number of nitrogens with zero attached hydrogens (tertiary/aromatic N) is 3. The Kier molecular flexibility index (Phi) is 4.41. The van der Waals surface area contributed by atoms with E-state index in [1.54, 1.807) is 11.3 Å². The van der Waals surface area contributed by atoms with Gasteiger partial charge in [-0.2, -0.15) is 0 Å². The number of fused-ring (bicyclic) bond motifs is 1. The molecule has 2 aromatic heterocycles. The van der Waals surface area contributed by atoms with Crippen molar-refractivity contribution in [1.82, 2.24) is 14.9 Å². The summed E-state index contributed by atoms with van der Waals surface area (Å²) in [6.07, 6.45) is 5.20. The number of carbonyl (C=O) groups is 2. The number of nitrogens with one attached hydrogen (secondary N) is 1. The van der Waals surface area contributed by atoms with Gasteiger partial charge in [-0.15, -0.1) is 11.3 Å². The van der Waals surface area contributed by atoms with Gasteiger partial charge in [-0.1, -0.05) is 6.92 Å². The average molecular weight is 358 g/mol. The summed E-state index contributed by atoms with van der Waals surface area (Å²) in [5.74, 6) is 1.79. The van der Waals surface area contributed by atoms with Crippen LogP contribution in [0, 0.1) is 0 Å². The van der Waals surface area contributed by atoms with Crippen molar-refractivity contribution in [3.8, 4) is 0 Å². The minimum atomic E-state index is 0.00442. The Hall–Kier alpha value is -2.02. The van der Waals surface area contributed by atoms with Gasteiger partial charge < -0.3 is 5.32 Å². The molecule has 1 N–H and O–H groups in total. The Labute approximate surface area is 150 Å².